The highest BCUT2D eigenvalue weighted by Crippen LogP contribution is 2.07. The Morgan fingerprint density at radius 3 is 2.62 bits per heavy atom. The molecule has 0 bridgehead atoms. The van der Waals surface area contributed by atoms with E-state index in [-0.39, 0.29) is 0 Å². The normalized spacial score (nSPS) is 10.6. The van der Waals surface area contributed by atoms with Crippen LogP contribution in [0.2, 0.25) is 0 Å². The number of unbranched alkanes of at least 4 members (excludes halogenated alkanes) is 4. The van der Waals surface area contributed by atoms with E-state index in [0.29, 0.717) is 0 Å². The fraction of sp³-hybridized carbons (Fsp3) is 0.727. The summed E-state index contributed by atoms with van der Waals surface area (Å²) in [7, 11) is 1.97. The molecule has 0 unspecified atom stereocenters. The molecule has 0 aliphatic rings. The first-order valence-electron chi connectivity index (χ1n) is 5.30. The summed E-state index contributed by atoms with van der Waals surface area (Å²) in [6, 6.07) is 0. The average molecular weight is 180 g/mol. The van der Waals surface area contributed by atoms with Gasteiger partial charge in [0.05, 0.1) is 6.20 Å². The van der Waals surface area contributed by atoms with Gasteiger partial charge in [-0.15, -0.1) is 0 Å². The van der Waals surface area contributed by atoms with E-state index in [1.807, 2.05) is 17.9 Å². The van der Waals surface area contributed by atoms with Crippen LogP contribution in [0, 0.1) is 0 Å². The third-order valence-electron chi connectivity index (χ3n) is 2.33. The molecule has 2 heteroatoms. The first-order valence-corrected chi connectivity index (χ1v) is 5.30. The molecule has 2 nitrogen and oxygen atoms in total. The second-order valence-electron chi connectivity index (χ2n) is 3.69. The molecule has 1 aromatic rings. The van der Waals surface area contributed by atoms with Crippen LogP contribution in [0.15, 0.2) is 12.4 Å². The van der Waals surface area contributed by atoms with Gasteiger partial charge >= 0.3 is 0 Å². The highest BCUT2D eigenvalue weighted by molar-refractivity contribution is 5.03. The Kier molecular flexibility index (Phi) is 4.58. The highest BCUT2D eigenvalue weighted by Gasteiger charge is 1.95. The Morgan fingerprint density at radius 1 is 1.23 bits per heavy atom. The molecule has 1 heterocycles. The number of hydrogen-bond donors (Lipinski definition) is 0. The summed E-state index contributed by atoms with van der Waals surface area (Å²) in [5.41, 5.74) is 1.37. The third-order valence-corrected chi connectivity index (χ3v) is 2.33. The maximum absolute atomic E-state index is 4.15. The third kappa shape index (κ3) is 4.11. The van der Waals surface area contributed by atoms with Crippen LogP contribution in [0.25, 0.3) is 0 Å². The van der Waals surface area contributed by atoms with Gasteiger partial charge in [-0.05, 0) is 18.4 Å². The summed E-state index contributed by atoms with van der Waals surface area (Å²) in [5, 5.41) is 4.15. The molecule has 1 rings (SSSR count). The minimum Gasteiger partial charge on any atom is -0.276 e. The summed E-state index contributed by atoms with van der Waals surface area (Å²) in [4.78, 5) is 0. The van der Waals surface area contributed by atoms with Gasteiger partial charge < -0.3 is 0 Å². The minimum atomic E-state index is 1.19. The number of nitrogens with zero attached hydrogens (tertiary/aromatic N) is 2. The smallest absolute Gasteiger partial charge is 0.0521 e. The van der Waals surface area contributed by atoms with Crippen molar-refractivity contribution in [3.8, 4) is 0 Å². The van der Waals surface area contributed by atoms with Crippen molar-refractivity contribution in [3.63, 3.8) is 0 Å². The first-order chi connectivity index (χ1) is 6.33. The van der Waals surface area contributed by atoms with E-state index >= 15 is 0 Å². The molecule has 0 radical (unpaired) electrons. The fourth-order valence-corrected chi connectivity index (χ4v) is 1.53. The Labute approximate surface area is 81.0 Å². The zero-order valence-electron chi connectivity index (χ0n) is 8.79. The number of hydrogen-bond acceptors (Lipinski definition) is 1. The maximum atomic E-state index is 4.15. The van der Waals surface area contributed by atoms with E-state index in [9.17, 15) is 0 Å². The molecule has 0 saturated heterocycles. The lowest BCUT2D eigenvalue weighted by Gasteiger charge is -1.97. The van der Waals surface area contributed by atoms with E-state index < -0.39 is 0 Å². The van der Waals surface area contributed by atoms with Crippen LogP contribution >= 0.6 is 0 Å². The van der Waals surface area contributed by atoms with Crippen molar-refractivity contribution in [3.05, 3.63) is 18.0 Å². The topological polar surface area (TPSA) is 17.8 Å². The van der Waals surface area contributed by atoms with Crippen LogP contribution in [-0.4, -0.2) is 9.78 Å². The molecule has 74 valence electrons. The van der Waals surface area contributed by atoms with Crippen molar-refractivity contribution >= 4 is 0 Å². The maximum Gasteiger partial charge on any atom is 0.0521 e. The minimum absolute atomic E-state index is 1.19. The van der Waals surface area contributed by atoms with Gasteiger partial charge in [0.25, 0.3) is 0 Å². The highest BCUT2D eigenvalue weighted by atomic mass is 15.2. The summed E-state index contributed by atoms with van der Waals surface area (Å²) in [5.74, 6) is 0. The molecule has 0 aromatic carbocycles. The molecule has 13 heavy (non-hydrogen) atoms. The Bertz CT molecular complexity index is 228. The largest absolute Gasteiger partial charge is 0.276 e. The quantitative estimate of drug-likeness (QED) is 0.615. The molecule has 0 aliphatic carbocycles. The zero-order chi connectivity index (χ0) is 9.52. The van der Waals surface area contributed by atoms with Gasteiger partial charge in [-0.1, -0.05) is 32.6 Å². The lowest BCUT2D eigenvalue weighted by molar-refractivity contribution is 0.632. The summed E-state index contributed by atoms with van der Waals surface area (Å²) in [6.45, 7) is 2.25. The molecular formula is C11H20N2. The fourth-order valence-electron chi connectivity index (χ4n) is 1.53. The zero-order valence-corrected chi connectivity index (χ0v) is 8.79. The lowest BCUT2D eigenvalue weighted by atomic mass is 10.1. The second-order valence-corrected chi connectivity index (χ2v) is 3.69. The van der Waals surface area contributed by atoms with Crippen LogP contribution in [-0.2, 0) is 13.5 Å². The second kappa shape index (κ2) is 5.79. The van der Waals surface area contributed by atoms with Gasteiger partial charge in [0.1, 0.15) is 0 Å². The predicted octanol–water partition coefficient (Wildman–Crippen LogP) is 2.93. The van der Waals surface area contributed by atoms with Gasteiger partial charge in [0, 0.05) is 13.2 Å². The molecule has 0 amide bonds. The first kappa shape index (κ1) is 10.3. The molecule has 0 spiro atoms. The van der Waals surface area contributed by atoms with Crippen molar-refractivity contribution in [1.82, 2.24) is 9.78 Å². The molecular weight excluding hydrogens is 160 g/mol. The summed E-state index contributed by atoms with van der Waals surface area (Å²) >= 11 is 0. The van der Waals surface area contributed by atoms with E-state index in [4.69, 9.17) is 0 Å². The average Bonchev–Trinajstić information content (AvgIpc) is 2.51. The van der Waals surface area contributed by atoms with E-state index in [1.165, 1.54) is 44.1 Å². The Balaban J connectivity index is 2.06. The summed E-state index contributed by atoms with van der Waals surface area (Å²) < 4.78 is 1.88. The van der Waals surface area contributed by atoms with Crippen LogP contribution in [0.3, 0.4) is 0 Å². The molecule has 0 N–H and O–H groups in total. The van der Waals surface area contributed by atoms with Crippen LogP contribution < -0.4 is 0 Å². The van der Waals surface area contributed by atoms with Gasteiger partial charge in [-0.25, -0.2) is 0 Å². The standard InChI is InChI=1S/C11H20N2/c1-3-4-5-6-7-8-11-9-12-13(2)10-11/h9-10H,3-8H2,1-2H3. The van der Waals surface area contributed by atoms with Gasteiger partial charge in [-0.3, -0.25) is 4.68 Å². The molecule has 0 saturated carbocycles. The van der Waals surface area contributed by atoms with Crippen LogP contribution in [0.5, 0.6) is 0 Å². The molecule has 0 fully saturated rings. The Hall–Kier alpha value is -0.790. The number of aromatic nitrogens is 2. The van der Waals surface area contributed by atoms with E-state index in [2.05, 4.69) is 18.2 Å². The van der Waals surface area contributed by atoms with E-state index in [1.54, 1.807) is 0 Å². The molecule has 0 atom stereocenters. The van der Waals surface area contributed by atoms with Crippen molar-refractivity contribution in [2.75, 3.05) is 0 Å². The molecule has 1 aromatic heterocycles. The van der Waals surface area contributed by atoms with Gasteiger partial charge in [0.15, 0.2) is 0 Å². The SMILES string of the molecule is CCCCCCCc1cnn(C)c1. The number of aryl methyl sites for hydroxylation is 2. The van der Waals surface area contributed by atoms with Crippen molar-refractivity contribution in [1.29, 1.82) is 0 Å². The van der Waals surface area contributed by atoms with Crippen LogP contribution in [0.4, 0.5) is 0 Å². The summed E-state index contributed by atoms with van der Waals surface area (Å²) in [6.07, 6.45) is 12.0. The van der Waals surface area contributed by atoms with Crippen molar-refractivity contribution in [2.45, 2.75) is 45.4 Å². The Morgan fingerprint density at radius 2 is 2.00 bits per heavy atom. The van der Waals surface area contributed by atoms with Gasteiger partial charge in [-0.2, -0.15) is 5.10 Å². The predicted molar refractivity (Wildman–Crippen MR) is 55.7 cm³/mol. The monoisotopic (exact) mass is 180 g/mol. The van der Waals surface area contributed by atoms with E-state index in [0.717, 1.165) is 0 Å². The molecule has 0 aliphatic heterocycles. The van der Waals surface area contributed by atoms with Crippen molar-refractivity contribution in [2.24, 2.45) is 7.05 Å². The van der Waals surface area contributed by atoms with Gasteiger partial charge in [0.2, 0.25) is 0 Å². The number of rotatable bonds is 6. The van der Waals surface area contributed by atoms with Crippen LogP contribution in [0.1, 0.15) is 44.6 Å². The lowest BCUT2D eigenvalue weighted by Crippen LogP contribution is -1.85. The van der Waals surface area contributed by atoms with Crippen molar-refractivity contribution < 1.29 is 0 Å².